The van der Waals surface area contributed by atoms with Crippen molar-refractivity contribution in [2.75, 3.05) is 19.8 Å². The van der Waals surface area contributed by atoms with Gasteiger partial charge in [-0.2, -0.15) is 0 Å². The largest absolute Gasteiger partial charge is 0.486 e. The van der Waals surface area contributed by atoms with E-state index in [2.05, 4.69) is 66.7 Å². The molecule has 5 heteroatoms. The molecule has 3 aromatic rings. The third-order valence-electron chi connectivity index (χ3n) is 8.10. The molecule has 1 aliphatic carbocycles. The zero-order valence-corrected chi connectivity index (χ0v) is 20.2. The molecule has 0 saturated carbocycles. The molecule has 0 spiro atoms. The lowest BCUT2D eigenvalue weighted by molar-refractivity contribution is 0.0539. The normalized spacial score (nSPS) is 21.9. The number of carbonyl (C=O) groups excluding carboxylic acids is 1. The predicted molar refractivity (Wildman–Crippen MR) is 138 cm³/mol. The SMILES string of the molecule is O=C(OCC1c2ccccc2-c2ccccc21)N1C2C=C(c3ccc4c(c3)OCCO4)CC1CCC2. The highest BCUT2D eigenvalue weighted by molar-refractivity contribution is 5.79. The highest BCUT2D eigenvalue weighted by atomic mass is 16.6. The Labute approximate surface area is 211 Å². The van der Waals surface area contributed by atoms with Crippen molar-refractivity contribution in [2.24, 2.45) is 0 Å². The molecule has 1 amide bonds. The van der Waals surface area contributed by atoms with E-state index in [0.717, 1.165) is 42.7 Å². The Morgan fingerprint density at radius 1 is 0.889 bits per heavy atom. The summed E-state index contributed by atoms with van der Waals surface area (Å²) in [6.07, 6.45) is 6.01. The van der Waals surface area contributed by atoms with E-state index in [0.29, 0.717) is 19.8 Å². The van der Waals surface area contributed by atoms with E-state index in [1.807, 2.05) is 11.0 Å². The standard InChI is InChI=1S/C31H29NO4/c33-31(36-19-28-26-10-3-1-8-24(26)25-9-2-4-11-27(25)28)32-22-6-5-7-23(32)17-21(16-22)20-12-13-29-30(18-20)35-15-14-34-29/h1-4,8-13,16,18,22-23,28H,5-7,14-15,17,19H2. The zero-order valence-electron chi connectivity index (χ0n) is 20.2. The van der Waals surface area contributed by atoms with Crippen LogP contribution in [0.5, 0.6) is 11.5 Å². The fourth-order valence-electron chi connectivity index (χ4n) is 6.44. The second-order valence-electron chi connectivity index (χ2n) is 10.1. The van der Waals surface area contributed by atoms with Gasteiger partial charge in [-0.1, -0.05) is 60.7 Å². The first kappa shape index (κ1) is 21.5. The van der Waals surface area contributed by atoms with Crippen molar-refractivity contribution in [3.63, 3.8) is 0 Å². The van der Waals surface area contributed by atoms with Crippen LogP contribution in [0.2, 0.25) is 0 Å². The van der Waals surface area contributed by atoms with Crippen molar-refractivity contribution >= 4 is 11.7 Å². The van der Waals surface area contributed by atoms with Crippen molar-refractivity contribution < 1.29 is 19.0 Å². The van der Waals surface area contributed by atoms with Crippen molar-refractivity contribution in [2.45, 2.75) is 43.7 Å². The molecule has 3 aliphatic heterocycles. The lowest BCUT2D eigenvalue weighted by atomic mass is 9.83. The fraction of sp³-hybridized carbons (Fsp3) is 0.323. The Kier molecular flexibility index (Phi) is 5.23. The van der Waals surface area contributed by atoms with Crippen molar-refractivity contribution in [1.29, 1.82) is 0 Å². The van der Waals surface area contributed by atoms with E-state index in [1.165, 1.54) is 27.8 Å². The summed E-state index contributed by atoms with van der Waals surface area (Å²) >= 11 is 0. The van der Waals surface area contributed by atoms with Gasteiger partial charge in [0.25, 0.3) is 0 Å². The maximum atomic E-state index is 13.5. The number of benzene rings is 3. The molecular formula is C31H29NO4. The highest BCUT2D eigenvalue weighted by Crippen LogP contribution is 2.45. The number of amides is 1. The first-order valence-electron chi connectivity index (χ1n) is 13.0. The molecule has 1 saturated heterocycles. The first-order chi connectivity index (χ1) is 17.8. The van der Waals surface area contributed by atoms with Gasteiger partial charge < -0.3 is 14.2 Å². The summed E-state index contributed by atoms with van der Waals surface area (Å²) in [5.74, 6) is 1.69. The molecular weight excluding hydrogens is 450 g/mol. The van der Waals surface area contributed by atoms with E-state index in [1.54, 1.807) is 0 Å². The first-order valence-corrected chi connectivity index (χ1v) is 13.0. The number of ether oxygens (including phenoxy) is 3. The molecule has 0 N–H and O–H groups in total. The Bertz CT molecular complexity index is 1320. The molecule has 1 fully saturated rings. The quantitative estimate of drug-likeness (QED) is 0.435. The third-order valence-corrected chi connectivity index (χ3v) is 8.10. The van der Waals surface area contributed by atoms with Crippen LogP contribution in [0.15, 0.2) is 72.8 Å². The van der Waals surface area contributed by atoms with Crippen LogP contribution in [-0.2, 0) is 4.74 Å². The van der Waals surface area contributed by atoms with E-state index >= 15 is 0 Å². The van der Waals surface area contributed by atoms with Crippen LogP contribution >= 0.6 is 0 Å². The number of rotatable bonds is 3. The summed E-state index contributed by atoms with van der Waals surface area (Å²) < 4.78 is 17.5. The highest BCUT2D eigenvalue weighted by Gasteiger charge is 2.39. The molecule has 3 aromatic carbocycles. The molecule has 3 heterocycles. The van der Waals surface area contributed by atoms with E-state index < -0.39 is 0 Å². The molecule has 36 heavy (non-hydrogen) atoms. The molecule has 2 atom stereocenters. The van der Waals surface area contributed by atoms with Gasteiger partial charge in [-0.3, -0.25) is 4.90 Å². The van der Waals surface area contributed by atoms with Gasteiger partial charge in [0.15, 0.2) is 11.5 Å². The second kappa shape index (κ2) is 8.74. The Morgan fingerprint density at radius 3 is 2.36 bits per heavy atom. The Morgan fingerprint density at radius 2 is 1.61 bits per heavy atom. The Balaban J connectivity index is 1.11. The van der Waals surface area contributed by atoms with Crippen LogP contribution in [0.1, 0.15) is 48.3 Å². The molecule has 0 radical (unpaired) electrons. The van der Waals surface area contributed by atoms with E-state index in [-0.39, 0.29) is 24.1 Å². The summed E-state index contributed by atoms with van der Waals surface area (Å²) in [6.45, 7) is 1.53. The molecule has 5 nitrogen and oxygen atoms in total. The molecule has 2 unspecified atom stereocenters. The summed E-state index contributed by atoms with van der Waals surface area (Å²) in [5, 5.41) is 0. The monoisotopic (exact) mass is 479 g/mol. The van der Waals surface area contributed by atoms with Crippen molar-refractivity contribution in [3.8, 4) is 22.6 Å². The predicted octanol–water partition coefficient (Wildman–Crippen LogP) is 6.42. The van der Waals surface area contributed by atoms with Crippen LogP contribution < -0.4 is 9.47 Å². The third kappa shape index (κ3) is 3.57. The maximum absolute atomic E-state index is 13.5. The molecule has 4 aliphatic rings. The molecule has 2 bridgehead atoms. The van der Waals surface area contributed by atoms with Crippen LogP contribution in [0.25, 0.3) is 16.7 Å². The van der Waals surface area contributed by atoms with Crippen LogP contribution in [0, 0.1) is 0 Å². The topological polar surface area (TPSA) is 48.0 Å². The van der Waals surface area contributed by atoms with Gasteiger partial charge in [0.2, 0.25) is 0 Å². The minimum Gasteiger partial charge on any atom is -0.486 e. The minimum absolute atomic E-state index is 0.0661. The van der Waals surface area contributed by atoms with Gasteiger partial charge in [-0.05, 0) is 71.2 Å². The fourth-order valence-corrected chi connectivity index (χ4v) is 6.44. The number of piperidine rings is 1. The van der Waals surface area contributed by atoms with Crippen LogP contribution in [-0.4, -0.2) is 42.9 Å². The van der Waals surface area contributed by atoms with Crippen LogP contribution in [0.3, 0.4) is 0 Å². The summed E-state index contributed by atoms with van der Waals surface area (Å²) in [5.41, 5.74) is 7.41. The van der Waals surface area contributed by atoms with Crippen molar-refractivity contribution in [3.05, 3.63) is 89.5 Å². The molecule has 0 aromatic heterocycles. The Hall–Kier alpha value is -3.73. The lowest BCUT2D eigenvalue weighted by Crippen LogP contribution is -2.51. The van der Waals surface area contributed by atoms with Crippen molar-refractivity contribution in [1.82, 2.24) is 4.90 Å². The summed E-state index contributed by atoms with van der Waals surface area (Å²) in [6, 6.07) is 23.3. The van der Waals surface area contributed by atoms with Gasteiger partial charge in [-0.25, -0.2) is 4.79 Å². The van der Waals surface area contributed by atoms with E-state index in [4.69, 9.17) is 14.2 Å². The van der Waals surface area contributed by atoms with Gasteiger partial charge in [0, 0.05) is 12.0 Å². The van der Waals surface area contributed by atoms with Gasteiger partial charge in [0.05, 0.1) is 6.04 Å². The summed E-state index contributed by atoms with van der Waals surface area (Å²) in [4.78, 5) is 15.5. The van der Waals surface area contributed by atoms with Gasteiger partial charge in [-0.15, -0.1) is 0 Å². The number of carbonyl (C=O) groups is 1. The number of hydrogen-bond acceptors (Lipinski definition) is 4. The maximum Gasteiger partial charge on any atom is 0.410 e. The average molecular weight is 480 g/mol. The van der Waals surface area contributed by atoms with Crippen LogP contribution in [0.4, 0.5) is 4.79 Å². The number of fused-ring (bicyclic) bond motifs is 6. The van der Waals surface area contributed by atoms with E-state index in [9.17, 15) is 4.79 Å². The lowest BCUT2D eigenvalue weighted by Gasteiger charge is -2.44. The summed E-state index contributed by atoms with van der Waals surface area (Å²) in [7, 11) is 0. The smallest absolute Gasteiger partial charge is 0.410 e. The second-order valence-corrected chi connectivity index (χ2v) is 10.1. The molecule has 7 rings (SSSR count). The zero-order chi connectivity index (χ0) is 24.1. The molecule has 182 valence electrons. The average Bonchev–Trinajstić information content (AvgIpc) is 3.24. The number of nitrogens with zero attached hydrogens (tertiary/aromatic N) is 1. The minimum atomic E-state index is -0.191. The van der Waals surface area contributed by atoms with Gasteiger partial charge >= 0.3 is 6.09 Å². The van der Waals surface area contributed by atoms with Gasteiger partial charge in [0.1, 0.15) is 19.8 Å². The number of hydrogen-bond donors (Lipinski definition) is 0.